The predicted molar refractivity (Wildman–Crippen MR) is 76.1 cm³/mol. The Kier molecular flexibility index (Phi) is 3.63. The van der Waals surface area contributed by atoms with Crippen LogP contribution >= 0.6 is 11.3 Å². The zero-order valence-corrected chi connectivity index (χ0v) is 12.0. The van der Waals surface area contributed by atoms with E-state index in [2.05, 4.69) is 0 Å². The van der Waals surface area contributed by atoms with Crippen LogP contribution in [0.25, 0.3) is 21.2 Å². The highest BCUT2D eigenvalue weighted by atomic mass is 32.1. The first-order valence-corrected chi connectivity index (χ1v) is 7.22. The molecule has 1 heterocycles. The van der Waals surface area contributed by atoms with Crippen LogP contribution in [0.15, 0.2) is 41.8 Å². The van der Waals surface area contributed by atoms with E-state index in [1.165, 1.54) is 6.07 Å². The number of benzene rings is 2. The van der Waals surface area contributed by atoms with E-state index >= 15 is 0 Å². The Balaban J connectivity index is 2.41. The average Bonchev–Trinajstić information content (AvgIpc) is 2.88. The molecule has 119 valence electrons. The van der Waals surface area contributed by atoms with Crippen LogP contribution in [0, 0.1) is 6.07 Å². The first kappa shape index (κ1) is 15.9. The smallest absolute Gasteiger partial charge is 0.166 e. The fraction of sp³-hybridized carbons (Fsp3) is 0.125. The Bertz CT molecular complexity index is 825. The topological polar surface area (TPSA) is 0 Å². The van der Waals surface area contributed by atoms with Gasteiger partial charge in [0.1, 0.15) is 0 Å². The van der Waals surface area contributed by atoms with Crippen LogP contribution in [-0.4, -0.2) is 0 Å². The molecule has 0 aliphatic rings. The summed E-state index contributed by atoms with van der Waals surface area (Å²) in [5.41, 5.74) is -3.50. The maximum absolute atomic E-state index is 13.2. The van der Waals surface area contributed by atoms with Crippen LogP contribution < -0.4 is 0 Å². The molecule has 1 aromatic heterocycles. The van der Waals surface area contributed by atoms with Crippen LogP contribution in [0.4, 0.5) is 26.3 Å². The largest absolute Gasteiger partial charge is 0.417 e. The summed E-state index contributed by atoms with van der Waals surface area (Å²) < 4.78 is 79.4. The molecule has 0 aliphatic carbocycles. The van der Waals surface area contributed by atoms with Gasteiger partial charge in [-0.3, -0.25) is 0 Å². The number of hydrogen-bond donors (Lipinski definition) is 0. The first-order chi connectivity index (χ1) is 10.7. The Morgan fingerprint density at radius 2 is 1.39 bits per heavy atom. The quantitative estimate of drug-likeness (QED) is 0.447. The van der Waals surface area contributed by atoms with E-state index in [1.54, 1.807) is 23.6 Å². The molecule has 0 nitrogen and oxygen atoms in total. The van der Waals surface area contributed by atoms with Gasteiger partial charge < -0.3 is 0 Å². The van der Waals surface area contributed by atoms with Gasteiger partial charge in [0.2, 0.25) is 0 Å². The summed E-state index contributed by atoms with van der Waals surface area (Å²) in [5, 5.41) is 2.50. The van der Waals surface area contributed by atoms with Gasteiger partial charge in [-0.2, -0.15) is 26.3 Å². The lowest BCUT2D eigenvalue weighted by molar-refractivity contribution is -0.142. The maximum Gasteiger partial charge on any atom is 0.417 e. The summed E-state index contributed by atoms with van der Waals surface area (Å²) in [6.45, 7) is 0. The molecular formula is C16H7F6S. The van der Waals surface area contributed by atoms with Crippen molar-refractivity contribution in [1.82, 2.24) is 0 Å². The van der Waals surface area contributed by atoms with Gasteiger partial charge >= 0.3 is 12.4 Å². The molecular weight excluding hydrogens is 338 g/mol. The highest BCUT2D eigenvalue weighted by Crippen LogP contribution is 2.47. The second kappa shape index (κ2) is 5.26. The molecule has 0 aliphatic heterocycles. The molecule has 7 heteroatoms. The van der Waals surface area contributed by atoms with E-state index in [0.29, 0.717) is 22.9 Å². The third-order valence-electron chi connectivity index (χ3n) is 3.34. The van der Waals surface area contributed by atoms with Crippen LogP contribution in [-0.2, 0) is 12.4 Å². The van der Waals surface area contributed by atoms with E-state index < -0.39 is 29.0 Å². The molecule has 2 aromatic carbocycles. The molecule has 0 bridgehead atoms. The monoisotopic (exact) mass is 345 g/mol. The van der Waals surface area contributed by atoms with E-state index in [4.69, 9.17) is 0 Å². The van der Waals surface area contributed by atoms with Crippen LogP contribution in [0.1, 0.15) is 11.1 Å². The van der Waals surface area contributed by atoms with E-state index in [1.807, 2.05) is 6.07 Å². The van der Waals surface area contributed by atoms with Crippen LogP contribution in [0.5, 0.6) is 0 Å². The average molecular weight is 345 g/mol. The summed E-state index contributed by atoms with van der Waals surface area (Å²) in [7, 11) is 0. The number of halogens is 6. The van der Waals surface area contributed by atoms with Gasteiger partial charge in [0, 0.05) is 15.8 Å². The minimum atomic E-state index is -4.90. The molecule has 0 N–H and O–H groups in total. The third kappa shape index (κ3) is 2.81. The van der Waals surface area contributed by atoms with Gasteiger partial charge in [-0.1, -0.05) is 24.3 Å². The molecule has 0 unspecified atom stereocenters. The van der Waals surface area contributed by atoms with E-state index in [0.717, 1.165) is 11.3 Å². The molecule has 0 fully saturated rings. The molecule has 0 saturated carbocycles. The Morgan fingerprint density at radius 3 is 1.96 bits per heavy atom. The van der Waals surface area contributed by atoms with Gasteiger partial charge in [-0.15, -0.1) is 11.3 Å². The van der Waals surface area contributed by atoms with Gasteiger partial charge in [0.25, 0.3) is 0 Å². The van der Waals surface area contributed by atoms with E-state index in [9.17, 15) is 26.3 Å². The highest BCUT2D eigenvalue weighted by Gasteiger charge is 2.41. The fourth-order valence-corrected chi connectivity index (χ4v) is 3.48. The normalized spacial score (nSPS) is 12.8. The summed E-state index contributed by atoms with van der Waals surface area (Å²) >= 11 is 0.863. The molecule has 3 rings (SSSR count). The van der Waals surface area contributed by atoms with Crippen LogP contribution in [0.3, 0.4) is 0 Å². The van der Waals surface area contributed by atoms with Crippen molar-refractivity contribution in [3.8, 4) is 10.4 Å². The number of fused-ring (bicyclic) bond motifs is 1. The lowest BCUT2D eigenvalue weighted by Gasteiger charge is -2.18. The Hall–Kier alpha value is -2.02. The van der Waals surface area contributed by atoms with Gasteiger partial charge in [0.05, 0.1) is 11.1 Å². The molecule has 1 radical (unpaired) electrons. The zero-order chi connectivity index (χ0) is 16.8. The molecule has 0 spiro atoms. The number of thiophene rings is 1. The van der Waals surface area contributed by atoms with Crippen molar-refractivity contribution >= 4 is 22.1 Å². The number of hydrogen-bond acceptors (Lipinski definition) is 1. The fourth-order valence-electron chi connectivity index (χ4n) is 2.38. The van der Waals surface area contributed by atoms with Gasteiger partial charge in [0.15, 0.2) is 0 Å². The summed E-state index contributed by atoms with van der Waals surface area (Å²) in [6.07, 6.45) is -9.81. The second-order valence-electron chi connectivity index (χ2n) is 4.81. The minimum Gasteiger partial charge on any atom is -0.166 e. The number of alkyl halides is 6. The van der Waals surface area contributed by atoms with Crippen molar-refractivity contribution in [3.05, 3.63) is 59.0 Å². The second-order valence-corrected chi connectivity index (χ2v) is 5.68. The standard InChI is InChI=1S/C16H7F6S/c17-15(18,19)11-6-3-7-12(16(20,21)22)13(11)14-10-5-2-1-4-9(10)8-23-14/h1-2,4-8H. The summed E-state index contributed by atoms with van der Waals surface area (Å²) in [4.78, 5) is -0.0470. The first-order valence-electron chi connectivity index (χ1n) is 6.34. The summed E-state index contributed by atoms with van der Waals surface area (Å²) in [6, 6.07) is 9.47. The maximum atomic E-state index is 13.2. The number of rotatable bonds is 1. The third-order valence-corrected chi connectivity index (χ3v) is 4.37. The van der Waals surface area contributed by atoms with Gasteiger partial charge in [-0.05, 0) is 29.0 Å². The molecule has 0 amide bonds. The van der Waals surface area contributed by atoms with Crippen molar-refractivity contribution < 1.29 is 26.3 Å². The van der Waals surface area contributed by atoms with Crippen LogP contribution in [0.2, 0.25) is 0 Å². The van der Waals surface area contributed by atoms with Crippen molar-refractivity contribution in [2.75, 3.05) is 0 Å². The zero-order valence-electron chi connectivity index (χ0n) is 11.2. The summed E-state index contributed by atoms with van der Waals surface area (Å²) in [5.74, 6) is 0. The van der Waals surface area contributed by atoms with Crippen molar-refractivity contribution in [2.45, 2.75) is 12.4 Å². The van der Waals surface area contributed by atoms with Gasteiger partial charge in [-0.25, -0.2) is 0 Å². The predicted octanol–water partition coefficient (Wildman–Crippen LogP) is 6.41. The van der Waals surface area contributed by atoms with Crippen molar-refractivity contribution in [2.24, 2.45) is 0 Å². The van der Waals surface area contributed by atoms with E-state index in [-0.39, 0.29) is 4.88 Å². The molecule has 3 aromatic rings. The SMILES string of the molecule is FC(F)(F)c1c[c]cc(C(F)(F)F)c1-c1scc2ccccc12. The minimum absolute atomic E-state index is 0.0470. The molecule has 0 saturated heterocycles. The van der Waals surface area contributed by atoms with Crippen molar-refractivity contribution in [3.63, 3.8) is 0 Å². The lowest BCUT2D eigenvalue weighted by atomic mass is 9.96. The van der Waals surface area contributed by atoms with Crippen molar-refractivity contribution in [1.29, 1.82) is 0 Å². The molecule has 23 heavy (non-hydrogen) atoms. The highest BCUT2D eigenvalue weighted by molar-refractivity contribution is 7.15. The Morgan fingerprint density at radius 1 is 0.826 bits per heavy atom. The lowest BCUT2D eigenvalue weighted by Crippen LogP contribution is -2.13. The molecule has 0 atom stereocenters. The Labute approximate surface area is 131 Å².